The first kappa shape index (κ1) is 7.11. The van der Waals surface area contributed by atoms with Crippen LogP contribution >= 0.6 is 0 Å². The van der Waals surface area contributed by atoms with Crippen LogP contribution < -0.4 is 0 Å². The minimum absolute atomic E-state index is 0.285. The summed E-state index contributed by atoms with van der Waals surface area (Å²) in [5.74, 6) is 0. The van der Waals surface area contributed by atoms with Gasteiger partial charge in [-0.05, 0) is 13.0 Å². The van der Waals surface area contributed by atoms with Gasteiger partial charge in [0.05, 0.1) is 0 Å². The third-order valence-electron chi connectivity index (χ3n) is 2.28. The van der Waals surface area contributed by atoms with Crippen LogP contribution in [0.2, 0.25) is 0 Å². The van der Waals surface area contributed by atoms with Crippen molar-refractivity contribution in [3.05, 3.63) is 45.8 Å². The molecular weight excluding hydrogens is 150 g/mol. The van der Waals surface area contributed by atoms with Crippen molar-refractivity contribution in [3.63, 3.8) is 0 Å². The van der Waals surface area contributed by atoms with Crippen molar-refractivity contribution in [1.82, 2.24) is 4.90 Å². The smallest absolute Gasteiger partial charge is 0.361 e. The van der Waals surface area contributed by atoms with Gasteiger partial charge in [-0.1, -0.05) is 0 Å². The molecule has 0 radical (unpaired) electrons. The van der Waals surface area contributed by atoms with Crippen molar-refractivity contribution in [2.75, 3.05) is 7.05 Å². The maximum absolute atomic E-state index is 4.05. The van der Waals surface area contributed by atoms with Crippen LogP contribution in [0.4, 0.5) is 0 Å². The summed E-state index contributed by atoms with van der Waals surface area (Å²) in [5.41, 5.74) is 2.27. The maximum atomic E-state index is 4.05. The molecule has 2 aliphatic heterocycles. The predicted octanol–water partition coefficient (Wildman–Crippen LogP) is 2.28. The summed E-state index contributed by atoms with van der Waals surface area (Å²) in [6, 6.07) is 0.285. The summed E-state index contributed by atoms with van der Waals surface area (Å²) in [6.07, 6.45) is 7.88. The van der Waals surface area contributed by atoms with Gasteiger partial charge in [0.1, 0.15) is 0 Å². The Kier molecular flexibility index (Phi) is 1.47. The van der Waals surface area contributed by atoms with E-state index >= 15 is 0 Å². The summed E-state index contributed by atoms with van der Waals surface area (Å²) in [4.78, 5) is 10.1. The fourth-order valence-electron chi connectivity index (χ4n) is 1.38. The quantitative estimate of drug-likeness (QED) is 0.496. The molecule has 12 heavy (non-hydrogen) atoms. The summed E-state index contributed by atoms with van der Waals surface area (Å²) < 4.78 is 0. The molecular formula is C9H11N3+2. The number of hydrogen-bond donors (Lipinski definition) is 0. The van der Waals surface area contributed by atoms with Crippen molar-refractivity contribution >= 4 is 0 Å². The van der Waals surface area contributed by atoms with Crippen molar-refractivity contribution in [2.45, 2.75) is 13.0 Å². The number of hydrogen-bond acceptors (Lipinski definition) is 1. The van der Waals surface area contributed by atoms with Gasteiger partial charge in [-0.2, -0.15) is 0 Å². The van der Waals surface area contributed by atoms with Crippen LogP contribution in [0.25, 0.3) is 9.95 Å². The van der Waals surface area contributed by atoms with E-state index in [9.17, 15) is 0 Å². The van der Waals surface area contributed by atoms with Crippen molar-refractivity contribution in [1.29, 1.82) is 0 Å². The largest absolute Gasteiger partial charge is 0.431 e. The Morgan fingerprint density at radius 1 is 1.42 bits per heavy atom. The molecule has 2 heterocycles. The Balaban J connectivity index is 2.42. The van der Waals surface area contributed by atoms with Gasteiger partial charge >= 0.3 is 21.8 Å². The van der Waals surface area contributed by atoms with E-state index < -0.39 is 0 Å². The van der Waals surface area contributed by atoms with Gasteiger partial charge in [0, 0.05) is 24.9 Å². The van der Waals surface area contributed by atoms with E-state index in [1.165, 1.54) is 5.70 Å². The highest BCUT2D eigenvalue weighted by atomic mass is 15.2. The second-order valence-electron chi connectivity index (χ2n) is 3.01. The lowest BCUT2D eigenvalue weighted by atomic mass is 10.1. The number of fused-ring (bicyclic) bond motifs is 1. The van der Waals surface area contributed by atoms with Crippen molar-refractivity contribution in [3.8, 4) is 0 Å². The monoisotopic (exact) mass is 161 g/mol. The van der Waals surface area contributed by atoms with Gasteiger partial charge in [0.2, 0.25) is 0 Å². The standard InChI is InChI=1S/C9H11N3/c1-7-3-4-8-9(12(7)2)5-6-10-11-8/h3-6,9H,1-2H3/q+2. The first-order valence-electron chi connectivity index (χ1n) is 3.98. The molecule has 0 bridgehead atoms. The topological polar surface area (TPSA) is 12.0 Å². The molecule has 0 aromatic carbocycles. The van der Waals surface area contributed by atoms with Gasteiger partial charge in [-0.15, -0.1) is 0 Å². The second-order valence-corrected chi connectivity index (χ2v) is 3.01. The summed E-state index contributed by atoms with van der Waals surface area (Å²) in [7, 11) is 2.06. The molecule has 0 N–H and O–H groups in total. The Labute approximate surface area is 71.5 Å². The Morgan fingerprint density at radius 3 is 3.08 bits per heavy atom. The van der Waals surface area contributed by atoms with Gasteiger partial charge < -0.3 is 4.90 Å². The van der Waals surface area contributed by atoms with E-state index in [-0.39, 0.29) is 6.04 Å². The molecule has 60 valence electrons. The molecule has 2 aliphatic rings. The van der Waals surface area contributed by atoms with Gasteiger partial charge in [-0.3, -0.25) is 0 Å². The van der Waals surface area contributed by atoms with Crippen LogP contribution in [-0.4, -0.2) is 18.0 Å². The van der Waals surface area contributed by atoms with E-state index in [4.69, 9.17) is 0 Å². The molecule has 3 nitrogen and oxygen atoms in total. The molecule has 3 heteroatoms. The number of nitrogens with zero attached hydrogens (tertiary/aromatic N) is 3. The minimum Gasteiger partial charge on any atom is -0.361 e. The molecule has 0 aliphatic carbocycles. The van der Waals surface area contributed by atoms with E-state index in [1.54, 1.807) is 6.20 Å². The van der Waals surface area contributed by atoms with Crippen LogP contribution in [0.1, 0.15) is 6.92 Å². The summed E-state index contributed by atoms with van der Waals surface area (Å²) in [6.45, 7) is 2.09. The molecule has 0 saturated carbocycles. The highest BCUT2D eigenvalue weighted by molar-refractivity contribution is 5.37. The van der Waals surface area contributed by atoms with Crippen LogP contribution in [0.5, 0.6) is 0 Å². The van der Waals surface area contributed by atoms with Crippen molar-refractivity contribution in [2.24, 2.45) is 0 Å². The summed E-state index contributed by atoms with van der Waals surface area (Å²) in [5, 5.41) is 0. The normalized spacial score (nSPS) is 25.2. The molecule has 0 saturated heterocycles. The number of rotatable bonds is 0. The molecule has 0 aromatic rings. The molecule has 0 fully saturated rings. The first-order valence-corrected chi connectivity index (χ1v) is 3.98. The fourth-order valence-corrected chi connectivity index (χ4v) is 1.38. The van der Waals surface area contributed by atoms with Crippen LogP contribution in [0.15, 0.2) is 35.8 Å². The lowest BCUT2D eigenvalue weighted by Gasteiger charge is -2.24. The van der Waals surface area contributed by atoms with E-state index in [0.29, 0.717) is 0 Å². The zero-order valence-corrected chi connectivity index (χ0v) is 7.23. The molecule has 0 aromatic heterocycles. The predicted molar refractivity (Wildman–Crippen MR) is 49.2 cm³/mol. The zero-order chi connectivity index (χ0) is 8.55. The first-order chi connectivity index (χ1) is 5.79. The van der Waals surface area contributed by atoms with Crippen LogP contribution in [0, 0.1) is 0 Å². The van der Waals surface area contributed by atoms with Gasteiger partial charge in [0.15, 0.2) is 6.04 Å². The Morgan fingerprint density at radius 2 is 2.25 bits per heavy atom. The van der Waals surface area contributed by atoms with E-state index in [0.717, 1.165) is 5.70 Å². The second kappa shape index (κ2) is 2.49. The molecule has 0 spiro atoms. The van der Waals surface area contributed by atoms with Crippen LogP contribution in [-0.2, 0) is 0 Å². The lowest BCUT2D eigenvalue weighted by Crippen LogP contribution is -2.31. The third-order valence-corrected chi connectivity index (χ3v) is 2.28. The Bertz CT molecular complexity index is 352. The lowest BCUT2D eigenvalue weighted by molar-refractivity contribution is 0.385. The van der Waals surface area contributed by atoms with E-state index in [1.807, 2.05) is 6.08 Å². The van der Waals surface area contributed by atoms with Crippen LogP contribution in [0.3, 0.4) is 0 Å². The number of likely N-dealkylation sites (N-methyl/N-ethyl adjacent to an activating group) is 1. The molecule has 1 unspecified atom stereocenters. The maximum Gasteiger partial charge on any atom is 0.431 e. The number of diazo groups is 1. The van der Waals surface area contributed by atoms with Gasteiger partial charge in [-0.25, -0.2) is 0 Å². The highest BCUT2D eigenvalue weighted by Gasteiger charge is 2.36. The minimum atomic E-state index is 0.285. The van der Waals surface area contributed by atoms with Gasteiger partial charge in [0.25, 0.3) is 0 Å². The summed E-state index contributed by atoms with van der Waals surface area (Å²) >= 11 is 0. The molecule has 0 amide bonds. The zero-order valence-electron chi connectivity index (χ0n) is 7.23. The third kappa shape index (κ3) is 0.928. The average molecular weight is 161 g/mol. The Hall–Kier alpha value is -1.56. The molecule has 2 rings (SSSR count). The van der Waals surface area contributed by atoms with E-state index in [2.05, 4.69) is 41.0 Å². The average Bonchev–Trinajstić information content (AvgIpc) is 2.12. The van der Waals surface area contributed by atoms with Crippen molar-refractivity contribution < 1.29 is 0 Å². The fraction of sp³-hybridized carbons (Fsp3) is 0.333. The number of allylic oxidation sites excluding steroid dienone is 3. The highest BCUT2D eigenvalue weighted by Crippen LogP contribution is 2.24. The SMILES string of the molecule is CC1=CC=C2[N+]#[N+]C=CC2N1C. The molecule has 1 atom stereocenters.